The molecule has 1 N–H and O–H groups in total. The highest BCUT2D eigenvalue weighted by Crippen LogP contribution is 2.29. The zero-order chi connectivity index (χ0) is 25.4. The molecule has 0 aromatic heterocycles. The fourth-order valence-electron chi connectivity index (χ4n) is 3.02. The highest BCUT2D eigenvalue weighted by molar-refractivity contribution is 7.93. The number of methoxy groups -OCH3 is 1. The molecule has 0 aliphatic rings. The Kier molecular flexibility index (Phi) is 7.89. The molecule has 0 fully saturated rings. The number of carbonyl (C=O) groups excluding carboxylic acids is 2. The number of sulfonamides is 1. The zero-order valence-corrected chi connectivity index (χ0v) is 19.2. The van der Waals surface area contributed by atoms with Crippen molar-refractivity contribution >= 4 is 39.5 Å². The van der Waals surface area contributed by atoms with Crippen LogP contribution in [0.15, 0.2) is 88.9 Å². The number of esters is 1. The van der Waals surface area contributed by atoms with Crippen LogP contribution in [-0.4, -0.2) is 45.1 Å². The standard InChI is InChI=1S/C23H20N4O7S/c1-34-23(29)18-13-11-17(12-14-18)15-24-25-22(28)16-26(19-7-3-2-4-8-19)35(32,33)21-10-6-5-9-20(21)27(30)31/h2-15H,16H2,1H3,(H,25,28)/b24-15-. The predicted octanol–water partition coefficient (Wildman–Crippen LogP) is 2.73. The first-order valence-corrected chi connectivity index (χ1v) is 11.5. The van der Waals surface area contributed by atoms with Gasteiger partial charge >= 0.3 is 5.97 Å². The molecule has 12 heteroatoms. The number of nitro groups is 1. The summed E-state index contributed by atoms with van der Waals surface area (Å²) in [4.78, 5) is 34.1. The molecular weight excluding hydrogens is 476 g/mol. The van der Waals surface area contributed by atoms with E-state index in [-0.39, 0.29) is 5.69 Å². The Balaban J connectivity index is 1.82. The molecule has 1 amide bonds. The van der Waals surface area contributed by atoms with Crippen LogP contribution < -0.4 is 9.73 Å². The lowest BCUT2D eigenvalue weighted by atomic mass is 10.1. The molecule has 0 atom stereocenters. The third-order valence-corrected chi connectivity index (χ3v) is 6.52. The Labute approximate surface area is 200 Å². The third kappa shape index (κ3) is 6.06. The molecule has 0 aliphatic carbocycles. The highest BCUT2D eigenvalue weighted by Gasteiger charge is 2.33. The summed E-state index contributed by atoms with van der Waals surface area (Å²) in [7, 11) is -3.22. The Morgan fingerprint density at radius 3 is 2.29 bits per heavy atom. The first-order valence-electron chi connectivity index (χ1n) is 10.1. The second kappa shape index (κ2) is 11.0. The lowest BCUT2D eigenvalue weighted by Gasteiger charge is -2.23. The van der Waals surface area contributed by atoms with Gasteiger partial charge in [-0.25, -0.2) is 18.6 Å². The van der Waals surface area contributed by atoms with E-state index in [1.807, 2.05) is 0 Å². The molecule has 0 aliphatic heterocycles. The van der Waals surface area contributed by atoms with Crippen molar-refractivity contribution in [3.05, 3.63) is 100 Å². The first-order chi connectivity index (χ1) is 16.7. The quantitative estimate of drug-likeness (QED) is 0.207. The average molecular weight is 497 g/mol. The number of rotatable bonds is 9. The van der Waals surface area contributed by atoms with Gasteiger partial charge in [0, 0.05) is 6.07 Å². The molecule has 0 heterocycles. The summed E-state index contributed by atoms with van der Waals surface area (Å²) >= 11 is 0. The normalized spacial score (nSPS) is 11.1. The van der Waals surface area contributed by atoms with Gasteiger partial charge in [0.25, 0.3) is 21.6 Å². The van der Waals surface area contributed by atoms with Crippen molar-refractivity contribution in [2.45, 2.75) is 4.90 Å². The number of ether oxygens (including phenoxy) is 1. The molecule has 0 saturated carbocycles. The second-order valence-corrected chi connectivity index (χ2v) is 8.81. The molecule has 0 spiro atoms. The van der Waals surface area contributed by atoms with E-state index in [4.69, 9.17) is 0 Å². The number of anilines is 1. The van der Waals surface area contributed by atoms with Crippen LogP contribution in [-0.2, 0) is 19.6 Å². The van der Waals surface area contributed by atoms with Gasteiger partial charge in [-0.05, 0) is 35.9 Å². The maximum absolute atomic E-state index is 13.4. The van der Waals surface area contributed by atoms with Crippen LogP contribution in [0.2, 0.25) is 0 Å². The van der Waals surface area contributed by atoms with E-state index >= 15 is 0 Å². The third-order valence-electron chi connectivity index (χ3n) is 4.70. The van der Waals surface area contributed by atoms with Gasteiger partial charge in [0.15, 0.2) is 4.90 Å². The predicted molar refractivity (Wildman–Crippen MR) is 128 cm³/mol. The van der Waals surface area contributed by atoms with Crippen LogP contribution in [0, 0.1) is 10.1 Å². The number of hydrogen-bond donors (Lipinski definition) is 1. The summed E-state index contributed by atoms with van der Waals surface area (Å²) in [6.45, 7) is -0.684. The number of benzene rings is 3. The minimum Gasteiger partial charge on any atom is -0.465 e. The topological polar surface area (TPSA) is 148 Å². The van der Waals surface area contributed by atoms with Crippen LogP contribution in [0.25, 0.3) is 0 Å². The van der Waals surface area contributed by atoms with Gasteiger partial charge in [-0.2, -0.15) is 5.10 Å². The number of amides is 1. The van der Waals surface area contributed by atoms with E-state index in [1.165, 1.54) is 49.7 Å². The van der Waals surface area contributed by atoms with Gasteiger partial charge in [0.1, 0.15) is 6.54 Å². The van der Waals surface area contributed by atoms with Crippen LogP contribution in [0.4, 0.5) is 11.4 Å². The maximum Gasteiger partial charge on any atom is 0.337 e. The number of nitro benzene ring substituents is 1. The van der Waals surface area contributed by atoms with Crippen molar-refractivity contribution < 1.29 is 27.7 Å². The Morgan fingerprint density at radius 2 is 1.66 bits per heavy atom. The monoisotopic (exact) mass is 496 g/mol. The molecule has 3 aromatic carbocycles. The highest BCUT2D eigenvalue weighted by atomic mass is 32.2. The largest absolute Gasteiger partial charge is 0.465 e. The summed E-state index contributed by atoms with van der Waals surface area (Å²) in [5.41, 5.74) is 2.67. The minimum atomic E-state index is -4.48. The second-order valence-electron chi connectivity index (χ2n) is 6.98. The van der Waals surface area contributed by atoms with E-state index in [1.54, 1.807) is 30.3 Å². The number of nitrogens with one attached hydrogen (secondary N) is 1. The van der Waals surface area contributed by atoms with E-state index < -0.39 is 44.0 Å². The van der Waals surface area contributed by atoms with Crippen molar-refractivity contribution in [3.8, 4) is 0 Å². The van der Waals surface area contributed by atoms with Gasteiger partial charge in [-0.1, -0.05) is 42.5 Å². The van der Waals surface area contributed by atoms with Crippen LogP contribution in [0.5, 0.6) is 0 Å². The van der Waals surface area contributed by atoms with Gasteiger partial charge in [0.05, 0.1) is 29.5 Å². The molecule has 3 aromatic rings. The molecule has 0 unspecified atom stereocenters. The van der Waals surface area contributed by atoms with Crippen molar-refractivity contribution in [2.24, 2.45) is 5.10 Å². The summed E-state index contributed by atoms with van der Waals surface area (Å²) in [5, 5.41) is 15.2. The summed E-state index contributed by atoms with van der Waals surface area (Å²) in [6, 6.07) is 18.8. The van der Waals surface area contributed by atoms with E-state index in [2.05, 4.69) is 15.3 Å². The van der Waals surface area contributed by atoms with Crippen LogP contribution >= 0.6 is 0 Å². The maximum atomic E-state index is 13.4. The van der Waals surface area contributed by atoms with Crippen LogP contribution in [0.1, 0.15) is 15.9 Å². The minimum absolute atomic E-state index is 0.142. The van der Waals surface area contributed by atoms with Crippen molar-refractivity contribution in [2.75, 3.05) is 18.0 Å². The number of carbonyl (C=O) groups is 2. The van der Waals surface area contributed by atoms with E-state index in [9.17, 15) is 28.1 Å². The van der Waals surface area contributed by atoms with Gasteiger partial charge in [-0.3, -0.25) is 19.2 Å². The number of hydrogen-bond acceptors (Lipinski definition) is 8. The van der Waals surface area contributed by atoms with E-state index in [0.29, 0.717) is 11.1 Å². The number of hydrazone groups is 1. The van der Waals surface area contributed by atoms with Gasteiger partial charge in [-0.15, -0.1) is 0 Å². The SMILES string of the molecule is COC(=O)c1ccc(/C=N\NC(=O)CN(c2ccccc2)S(=O)(=O)c2ccccc2[N+](=O)[O-])cc1. The zero-order valence-electron chi connectivity index (χ0n) is 18.4. The average Bonchev–Trinajstić information content (AvgIpc) is 2.87. The molecule has 0 bridgehead atoms. The van der Waals surface area contributed by atoms with Gasteiger partial charge in [0.2, 0.25) is 0 Å². The Hall–Kier alpha value is -4.58. The lowest BCUT2D eigenvalue weighted by Crippen LogP contribution is -2.39. The Bertz CT molecular complexity index is 1360. The van der Waals surface area contributed by atoms with E-state index in [0.717, 1.165) is 16.4 Å². The number of nitrogens with zero attached hydrogens (tertiary/aromatic N) is 3. The fraction of sp³-hybridized carbons (Fsp3) is 0.0870. The summed E-state index contributed by atoms with van der Waals surface area (Å²) in [5.74, 6) is -1.28. The number of para-hydroxylation sites is 2. The Morgan fingerprint density at radius 1 is 1.03 bits per heavy atom. The summed E-state index contributed by atoms with van der Waals surface area (Å²) in [6.07, 6.45) is 1.31. The molecule has 0 radical (unpaired) electrons. The first kappa shape index (κ1) is 25.1. The lowest BCUT2D eigenvalue weighted by molar-refractivity contribution is -0.387. The molecule has 3 rings (SSSR count). The molecular formula is C23H20N4O7S. The smallest absolute Gasteiger partial charge is 0.337 e. The molecule has 0 saturated heterocycles. The fourth-order valence-corrected chi connectivity index (χ4v) is 4.60. The summed E-state index contributed by atoms with van der Waals surface area (Å²) < 4.78 is 32.1. The molecule has 11 nitrogen and oxygen atoms in total. The van der Waals surface area contributed by atoms with Crippen molar-refractivity contribution in [1.29, 1.82) is 0 Å². The van der Waals surface area contributed by atoms with Gasteiger partial charge < -0.3 is 4.74 Å². The van der Waals surface area contributed by atoms with Crippen molar-refractivity contribution in [3.63, 3.8) is 0 Å². The van der Waals surface area contributed by atoms with Crippen LogP contribution in [0.3, 0.4) is 0 Å². The molecule has 180 valence electrons. The van der Waals surface area contributed by atoms with Crippen molar-refractivity contribution in [1.82, 2.24) is 5.43 Å². The molecule has 35 heavy (non-hydrogen) atoms.